The fourth-order valence-electron chi connectivity index (χ4n) is 9.57. The third-order valence-corrected chi connectivity index (χ3v) is 11.9. The number of hydrogen-bond acceptors (Lipinski definition) is 6. The topological polar surface area (TPSA) is 86.2 Å². The molecule has 8 heterocycles. The maximum absolute atomic E-state index is 5.05. The van der Waals surface area contributed by atoms with Crippen molar-refractivity contribution in [3.05, 3.63) is 169 Å². The van der Waals surface area contributed by atoms with Crippen LogP contribution < -0.4 is 0 Å². The third-order valence-electron chi connectivity index (χ3n) is 11.9. The second-order valence-corrected chi connectivity index (χ2v) is 14.7. The second kappa shape index (κ2) is 12.5. The van der Waals surface area contributed by atoms with Gasteiger partial charge in [-0.2, -0.15) is 0 Å². The molecule has 8 heteroatoms. The molecule has 58 heavy (non-hydrogen) atoms. The van der Waals surface area contributed by atoms with Crippen molar-refractivity contribution in [1.82, 2.24) is 38.7 Å². The molecule has 0 radical (unpaired) electrons. The molecule has 14 rings (SSSR count). The minimum Gasteiger partial charge on any atom is -0.291 e. The molecular formula is C50H36N8. The predicted molar refractivity (Wildman–Crippen MR) is 237 cm³/mol. The lowest BCUT2D eigenvalue weighted by Crippen LogP contribution is -1.95. The number of aromatic nitrogens is 8. The van der Waals surface area contributed by atoms with Crippen molar-refractivity contribution in [2.24, 2.45) is 0 Å². The van der Waals surface area contributed by atoms with E-state index in [1.807, 2.05) is 49.4 Å². The third kappa shape index (κ3) is 4.45. The molecule has 8 aromatic heterocycles. The molecule has 2 aliphatic rings. The van der Waals surface area contributed by atoms with E-state index in [1.54, 1.807) is 0 Å². The smallest absolute Gasteiger partial charge is 0.147 e. The lowest BCUT2D eigenvalue weighted by molar-refractivity contribution is 1.23. The monoisotopic (exact) mass is 748 g/mol. The number of hydrogen-bond donors (Lipinski definition) is 0. The maximum atomic E-state index is 5.05. The van der Waals surface area contributed by atoms with Crippen LogP contribution in [0, 0.1) is 0 Å². The molecule has 0 aliphatic heterocycles. The predicted octanol–water partition coefficient (Wildman–Crippen LogP) is 11.6. The summed E-state index contributed by atoms with van der Waals surface area (Å²) in [5.41, 5.74) is 20.4. The molecule has 0 saturated carbocycles. The lowest BCUT2D eigenvalue weighted by Gasteiger charge is -2.09. The van der Waals surface area contributed by atoms with Crippen LogP contribution in [0.25, 0.3) is 99.1 Å². The molecule has 0 bridgehead atoms. The Bertz CT molecular complexity index is 3430. The Hall–Kier alpha value is -7.58. The fraction of sp³-hybridized carbons (Fsp3) is 0.0800. The van der Waals surface area contributed by atoms with Crippen LogP contribution in [-0.4, -0.2) is 38.7 Å². The summed E-state index contributed by atoms with van der Waals surface area (Å²) >= 11 is 0. The van der Waals surface area contributed by atoms with Crippen molar-refractivity contribution in [1.29, 1.82) is 0 Å². The zero-order valence-corrected chi connectivity index (χ0v) is 29.8. The van der Waals surface area contributed by atoms with Crippen LogP contribution in [0.4, 0.5) is 0 Å². The maximum Gasteiger partial charge on any atom is 0.147 e. The Balaban J connectivity index is 0.000000128. The van der Waals surface area contributed by atoms with Crippen LogP contribution in [0.15, 0.2) is 147 Å². The Morgan fingerprint density at radius 2 is 0.948 bits per heavy atom. The number of benzene rings is 4. The van der Waals surface area contributed by atoms with Gasteiger partial charge in [0.1, 0.15) is 11.3 Å². The Kier molecular flexibility index (Phi) is 7.25. The molecular weight excluding hydrogens is 713 g/mol. The summed E-state index contributed by atoms with van der Waals surface area (Å²) in [7, 11) is 0. The van der Waals surface area contributed by atoms with Gasteiger partial charge in [-0.05, 0) is 87.0 Å². The van der Waals surface area contributed by atoms with Crippen LogP contribution in [-0.2, 0) is 12.8 Å². The van der Waals surface area contributed by atoms with Crippen LogP contribution in [0.5, 0.6) is 0 Å². The molecule has 4 aromatic carbocycles. The van der Waals surface area contributed by atoms with Gasteiger partial charge in [-0.25, -0.2) is 9.97 Å². The van der Waals surface area contributed by atoms with E-state index >= 15 is 0 Å². The first-order chi connectivity index (χ1) is 27.8. The molecule has 0 fully saturated rings. The van der Waals surface area contributed by atoms with E-state index in [-0.39, 0.29) is 14.9 Å². The Morgan fingerprint density at radius 1 is 0.414 bits per heavy atom. The molecule has 0 saturated heterocycles. The van der Waals surface area contributed by atoms with Crippen LogP contribution in [0.1, 0.15) is 37.1 Å². The number of rotatable bonds is 0. The fourth-order valence-corrected chi connectivity index (χ4v) is 9.57. The molecule has 12 aromatic rings. The van der Waals surface area contributed by atoms with E-state index in [0.29, 0.717) is 0 Å². The Labute approximate surface area is 333 Å². The van der Waals surface area contributed by atoms with Gasteiger partial charge in [-0.3, -0.25) is 28.7 Å². The van der Waals surface area contributed by atoms with Crippen LogP contribution in [0.3, 0.4) is 0 Å². The molecule has 0 unspecified atom stereocenters. The van der Waals surface area contributed by atoms with Gasteiger partial charge in [0.25, 0.3) is 0 Å². The van der Waals surface area contributed by atoms with E-state index in [4.69, 9.17) is 9.97 Å². The van der Waals surface area contributed by atoms with E-state index in [0.717, 1.165) is 78.7 Å². The number of nitrogens with zero attached hydrogens (tertiary/aromatic N) is 8. The highest BCUT2D eigenvalue weighted by molar-refractivity contribution is 6.14. The SMILES string of the molecule is C.C.c1ccc2c(c1)Cc1c-2ccc2nc3c4cccnc4c4cnccc4n3c12.c1ccc2c(c1)Cc1c-2ccc2nc3c4ccncc4c4cnccc4n3c12. The highest BCUT2D eigenvalue weighted by Crippen LogP contribution is 2.44. The van der Waals surface area contributed by atoms with E-state index in [2.05, 4.69) is 126 Å². The van der Waals surface area contributed by atoms with E-state index in [9.17, 15) is 0 Å². The quantitative estimate of drug-likeness (QED) is 0.144. The van der Waals surface area contributed by atoms with Crippen molar-refractivity contribution in [3.63, 3.8) is 0 Å². The summed E-state index contributed by atoms with van der Waals surface area (Å²) < 4.78 is 4.63. The standard InChI is InChI=1S/2C24H14N4.2CH4/c1-2-5-15-14(4-1)12-18-16(15)7-8-20-23(18)28-21-9-11-25-13-19(21)22-17(24(28)27-20)6-3-10-26-22;1-2-4-15-14(3-1)11-18-16(15)5-6-21-23(18)28-22-8-10-26-13-20(22)19-12-25-9-7-17(19)24(28)27-21;;/h1-11,13H,12H2;1-10,12-13H,11H2;2*1H4. The van der Waals surface area contributed by atoms with Crippen molar-refractivity contribution >= 4 is 76.8 Å². The zero-order chi connectivity index (χ0) is 36.5. The summed E-state index contributed by atoms with van der Waals surface area (Å²) in [6.45, 7) is 0. The first-order valence-electron chi connectivity index (χ1n) is 18.8. The van der Waals surface area contributed by atoms with Crippen LogP contribution in [0.2, 0.25) is 0 Å². The molecule has 0 N–H and O–H groups in total. The average molecular weight is 749 g/mol. The number of imidazole rings is 2. The summed E-state index contributed by atoms with van der Waals surface area (Å²) in [6, 6.07) is 36.4. The molecule has 0 spiro atoms. The average Bonchev–Trinajstić information content (AvgIpc) is 4.04. The second-order valence-electron chi connectivity index (χ2n) is 14.7. The summed E-state index contributed by atoms with van der Waals surface area (Å²) in [6.07, 6.45) is 15.0. The molecule has 0 amide bonds. The van der Waals surface area contributed by atoms with Crippen molar-refractivity contribution < 1.29 is 0 Å². The summed E-state index contributed by atoms with van der Waals surface area (Å²) in [5, 5.41) is 5.41. The minimum atomic E-state index is 0. The highest BCUT2D eigenvalue weighted by atomic mass is 15.0. The highest BCUT2D eigenvalue weighted by Gasteiger charge is 2.26. The van der Waals surface area contributed by atoms with Crippen molar-refractivity contribution in [3.8, 4) is 22.3 Å². The van der Waals surface area contributed by atoms with Gasteiger partial charge >= 0.3 is 0 Å². The Morgan fingerprint density at radius 3 is 1.59 bits per heavy atom. The van der Waals surface area contributed by atoms with Crippen LogP contribution >= 0.6 is 0 Å². The van der Waals surface area contributed by atoms with Gasteiger partial charge in [0, 0.05) is 83.2 Å². The van der Waals surface area contributed by atoms with E-state index in [1.165, 1.54) is 55.5 Å². The molecule has 8 nitrogen and oxygen atoms in total. The summed E-state index contributed by atoms with van der Waals surface area (Å²) in [5.74, 6) is 0. The van der Waals surface area contributed by atoms with Gasteiger partial charge in [0.2, 0.25) is 0 Å². The summed E-state index contributed by atoms with van der Waals surface area (Å²) in [4.78, 5) is 27.8. The van der Waals surface area contributed by atoms with Crippen molar-refractivity contribution in [2.45, 2.75) is 27.7 Å². The molecule has 0 atom stereocenters. The zero-order valence-electron chi connectivity index (χ0n) is 29.8. The van der Waals surface area contributed by atoms with Gasteiger partial charge in [0.05, 0.1) is 38.6 Å². The van der Waals surface area contributed by atoms with Crippen molar-refractivity contribution in [2.75, 3.05) is 0 Å². The van der Waals surface area contributed by atoms with E-state index < -0.39 is 0 Å². The first kappa shape index (κ1) is 33.7. The van der Waals surface area contributed by atoms with Gasteiger partial charge in [-0.15, -0.1) is 0 Å². The normalized spacial score (nSPS) is 12.4. The van der Waals surface area contributed by atoms with Gasteiger partial charge < -0.3 is 0 Å². The minimum absolute atomic E-state index is 0. The molecule has 2 aliphatic carbocycles. The lowest BCUT2D eigenvalue weighted by atomic mass is 10.0. The number of fused-ring (bicyclic) bond motifs is 24. The number of pyridine rings is 6. The first-order valence-corrected chi connectivity index (χ1v) is 18.8. The van der Waals surface area contributed by atoms with Gasteiger partial charge in [0.15, 0.2) is 0 Å². The molecule has 276 valence electrons. The largest absolute Gasteiger partial charge is 0.291 e. The van der Waals surface area contributed by atoms with Gasteiger partial charge in [-0.1, -0.05) is 75.5 Å².